The lowest BCUT2D eigenvalue weighted by atomic mass is 10.2. The van der Waals surface area contributed by atoms with Crippen molar-refractivity contribution in [2.45, 2.75) is 37.3 Å². The highest BCUT2D eigenvalue weighted by Crippen LogP contribution is 2.27. The predicted octanol–water partition coefficient (Wildman–Crippen LogP) is 1.13. The summed E-state index contributed by atoms with van der Waals surface area (Å²) in [7, 11) is 0. The molecule has 0 aliphatic carbocycles. The monoisotopic (exact) mass is 173 g/mol. The fourth-order valence-corrected chi connectivity index (χ4v) is 2.14. The van der Waals surface area contributed by atoms with E-state index in [9.17, 15) is 0 Å². The Balaban J connectivity index is 1.97. The second-order valence-corrected chi connectivity index (χ2v) is 4.29. The van der Waals surface area contributed by atoms with Crippen molar-refractivity contribution in [1.29, 1.82) is 0 Å². The van der Waals surface area contributed by atoms with Gasteiger partial charge in [-0.3, -0.25) is 4.90 Å². The van der Waals surface area contributed by atoms with Crippen molar-refractivity contribution in [3.63, 3.8) is 0 Å². The lowest BCUT2D eigenvalue weighted by Crippen LogP contribution is -2.45. The molecule has 0 spiro atoms. The highest BCUT2D eigenvalue weighted by Gasteiger charge is 2.34. The third-order valence-corrected chi connectivity index (χ3v) is 2.93. The van der Waals surface area contributed by atoms with Crippen LogP contribution in [0.1, 0.15) is 19.8 Å². The smallest absolute Gasteiger partial charge is 0.0707 e. The van der Waals surface area contributed by atoms with Crippen LogP contribution in [0, 0.1) is 0 Å². The van der Waals surface area contributed by atoms with Gasteiger partial charge < -0.3 is 4.74 Å². The zero-order valence-electron chi connectivity index (χ0n) is 6.86. The summed E-state index contributed by atoms with van der Waals surface area (Å²) in [6.45, 7) is 4.30. The van der Waals surface area contributed by atoms with Crippen molar-refractivity contribution in [3.05, 3.63) is 0 Å². The fourth-order valence-electron chi connectivity index (χ4n) is 1.95. The van der Waals surface area contributed by atoms with Crippen molar-refractivity contribution in [3.8, 4) is 0 Å². The van der Waals surface area contributed by atoms with E-state index in [0.29, 0.717) is 17.6 Å². The van der Waals surface area contributed by atoms with Crippen molar-refractivity contribution in [1.82, 2.24) is 4.90 Å². The molecular formula is C8H15NOS. The van der Waals surface area contributed by atoms with Gasteiger partial charge in [-0.05, 0) is 19.8 Å². The van der Waals surface area contributed by atoms with Gasteiger partial charge in [0.1, 0.15) is 0 Å². The summed E-state index contributed by atoms with van der Waals surface area (Å²) in [4.78, 5) is 2.40. The van der Waals surface area contributed by atoms with Crippen molar-refractivity contribution in [2.75, 3.05) is 13.1 Å². The van der Waals surface area contributed by atoms with Crippen LogP contribution in [0.5, 0.6) is 0 Å². The Bertz CT molecular complexity index is 139. The van der Waals surface area contributed by atoms with E-state index < -0.39 is 0 Å². The molecule has 0 saturated carbocycles. The summed E-state index contributed by atoms with van der Waals surface area (Å²) < 4.78 is 5.70. The molecule has 2 rings (SSSR count). The van der Waals surface area contributed by atoms with Gasteiger partial charge in [0.2, 0.25) is 0 Å². The molecule has 1 unspecified atom stereocenters. The zero-order valence-corrected chi connectivity index (χ0v) is 7.76. The quantitative estimate of drug-likeness (QED) is 0.597. The minimum absolute atomic E-state index is 0.391. The first-order chi connectivity index (χ1) is 5.25. The van der Waals surface area contributed by atoms with Gasteiger partial charge in [-0.2, -0.15) is 12.6 Å². The molecule has 2 bridgehead atoms. The molecule has 0 aromatic rings. The first-order valence-corrected chi connectivity index (χ1v) is 4.85. The average Bonchev–Trinajstić information content (AvgIpc) is 2.30. The summed E-state index contributed by atoms with van der Waals surface area (Å²) in [5.41, 5.74) is 0. The topological polar surface area (TPSA) is 12.5 Å². The van der Waals surface area contributed by atoms with E-state index in [0.717, 1.165) is 13.1 Å². The van der Waals surface area contributed by atoms with Crippen molar-refractivity contribution >= 4 is 12.6 Å². The largest absolute Gasteiger partial charge is 0.372 e. The van der Waals surface area contributed by atoms with Gasteiger partial charge in [-0.25, -0.2) is 0 Å². The minimum atomic E-state index is 0.391. The van der Waals surface area contributed by atoms with E-state index in [4.69, 9.17) is 4.74 Å². The van der Waals surface area contributed by atoms with Crippen LogP contribution in [0.4, 0.5) is 0 Å². The fraction of sp³-hybridized carbons (Fsp3) is 1.00. The molecule has 0 N–H and O–H groups in total. The SMILES string of the molecule is CC(S)N1C[C@H]2CC[C@@H](C1)O2. The normalized spacial score (nSPS) is 40.9. The van der Waals surface area contributed by atoms with Gasteiger partial charge in [0, 0.05) is 13.1 Å². The van der Waals surface area contributed by atoms with E-state index in [1.807, 2.05) is 0 Å². The lowest BCUT2D eigenvalue weighted by Gasteiger charge is -2.34. The van der Waals surface area contributed by atoms with Crippen molar-refractivity contribution in [2.24, 2.45) is 0 Å². The summed E-state index contributed by atoms with van der Waals surface area (Å²) in [6, 6.07) is 0. The number of thiol groups is 1. The third kappa shape index (κ3) is 1.55. The highest BCUT2D eigenvalue weighted by atomic mass is 32.1. The van der Waals surface area contributed by atoms with Gasteiger partial charge in [-0.1, -0.05) is 0 Å². The van der Waals surface area contributed by atoms with Crippen LogP contribution < -0.4 is 0 Å². The molecule has 2 fully saturated rings. The molecule has 3 atom stereocenters. The Morgan fingerprint density at radius 1 is 1.36 bits per heavy atom. The number of hydrogen-bond acceptors (Lipinski definition) is 3. The average molecular weight is 173 g/mol. The van der Waals surface area contributed by atoms with Gasteiger partial charge in [-0.15, -0.1) is 0 Å². The molecule has 0 radical (unpaired) electrons. The lowest BCUT2D eigenvalue weighted by molar-refractivity contribution is -0.0400. The van der Waals surface area contributed by atoms with Gasteiger partial charge in [0.25, 0.3) is 0 Å². The number of likely N-dealkylation sites (tertiary alicyclic amines) is 1. The number of nitrogens with zero attached hydrogens (tertiary/aromatic N) is 1. The molecule has 2 nitrogen and oxygen atoms in total. The van der Waals surface area contributed by atoms with E-state index in [1.54, 1.807) is 0 Å². The van der Waals surface area contributed by atoms with Crippen LogP contribution >= 0.6 is 12.6 Å². The Morgan fingerprint density at radius 2 is 1.91 bits per heavy atom. The Hall–Kier alpha value is 0.270. The van der Waals surface area contributed by atoms with E-state index in [1.165, 1.54) is 12.8 Å². The molecule has 2 aliphatic rings. The van der Waals surface area contributed by atoms with Crippen LogP contribution in [0.25, 0.3) is 0 Å². The standard InChI is InChI=1S/C8H15NOS/c1-6(11)9-4-7-2-3-8(5-9)10-7/h6-8,11H,2-5H2,1H3/t6?,7-,8+. The number of rotatable bonds is 1. The van der Waals surface area contributed by atoms with E-state index in [-0.39, 0.29) is 0 Å². The summed E-state index contributed by atoms with van der Waals surface area (Å²) in [6.07, 6.45) is 3.51. The number of fused-ring (bicyclic) bond motifs is 2. The van der Waals surface area contributed by atoms with Gasteiger partial charge in [0.05, 0.1) is 17.6 Å². The summed E-state index contributed by atoms with van der Waals surface area (Å²) in [5.74, 6) is 0. The van der Waals surface area contributed by atoms with Gasteiger partial charge in [0.15, 0.2) is 0 Å². The Labute approximate surface area is 73.3 Å². The van der Waals surface area contributed by atoms with E-state index >= 15 is 0 Å². The molecule has 0 aromatic carbocycles. The maximum atomic E-state index is 5.70. The molecule has 64 valence electrons. The Kier molecular flexibility index (Phi) is 2.12. The number of hydrogen-bond donors (Lipinski definition) is 1. The maximum absolute atomic E-state index is 5.70. The van der Waals surface area contributed by atoms with Crippen LogP contribution in [-0.2, 0) is 4.74 Å². The predicted molar refractivity (Wildman–Crippen MR) is 47.9 cm³/mol. The number of morpholine rings is 1. The van der Waals surface area contributed by atoms with Crippen LogP contribution in [-0.4, -0.2) is 35.6 Å². The maximum Gasteiger partial charge on any atom is 0.0707 e. The second-order valence-electron chi connectivity index (χ2n) is 3.54. The highest BCUT2D eigenvalue weighted by molar-refractivity contribution is 7.80. The Morgan fingerprint density at radius 3 is 2.36 bits per heavy atom. The third-order valence-electron chi connectivity index (χ3n) is 2.60. The molecule has 3 heteroatoms. The molecule has 11 heavy (non-hydrogen) atoms. The molecule has 2 heterocycles. The zero-order chi connectivity index (χ0) is 7.84. The summed E-state index contributed by atoms with van der Waals surface area (Å²) >= 11 is 4.42. The first-order valence-electron chi connectivity index (χ1n) is 4.33. The van der Waals surface area contributed by atoms with Crippen LogP contribution in [0.2, 0.25) is 0 Å². The van der Waals surface area contributed by atoms with Gasteiger partial charge >= 0.3 is 0 Å². The summed E-state index contributed by atoms with van der Waals surface area (Å²) in [5, 5.41) is 0.391. The molecule has 2 aliphatic heterocycles. The molecule has 2 saturated heterocycles. The molecule has 0 amide bonds. The molecular weight excluding hydrogens is 158 g/mol. The number of ether oxygens (including phenoxy) is 1. The van der Waals surface area contributed by atoms with E-state index in [2.05, 4.69) is 24.5 Å². The van der Waals surface area contributed by atoms with Crippen LogP contribution in [0.3, 0.4) is 0 Å². The molecule has 0 aromatic heterocycles. The minimum Gasteiger partial charge on any atom is -0.372 e. The second kappa shape index (κ2) is 2.96. The first kappa shape index (κ1) is 7.90. The van der Waals surface area contributed by atoms with Crippen molar-refractivity contribution < 1.29 is 4.74 Å². The van der Waals surface area contributed by atoms with Crippen LogP contribution in [0.15, 0.2) is 0 Å².